The number of pyridine rings is 1. The fourth-order valence-corrected chi connectivity index (χ4v) is 2.42. The monoisotopic (exact) mass is 362 g/mol. The lowest BCUT2D eigenvalue weighted by molar-refractivity contribution is 0.102. The second-order valence-electron chi connectivity index (χ2n) is 5.59. The summed E-state index contributed by atoms with van der Waals surface area (Å²) in [5.41, 5.74) is 3.41. The van der Waals surface area contributed by atoms with Gasteiger partial charge in [-0.3, -0.25) is 9.78 Å². The molecule has 0 spiro atoms. The summed E-state index contributed by atoms with van der Waals surface area (Å²) < 4.78 is 0. The van der Waals surface area contributed by atoms with Crippen LogP contribution in [0.3, 0.4) is 0 Å². The van der Waals surface area contributed by atoms with Crippen LogP contribution in [0.5, 0.6) is 0 Å². The van der Waals surface area contributed by atoms with E-state index >= 15 is 0 Å². The Kier molecular flexibility index (Phi) is 5.47. The van der Waals surface area contributed by atoms with Crippen LogP contribution >= 0.6 is 11.6 Å². The van der Waals surface area contributed by atoms with Crippen molar-refractivity contribution in [1.29, 1.82) is 5.26 Å². The molecule has 0 saturated heterocycles. The quantitative estimate of drug-likeness (QED) is 0.701. The minimum atomic E-state index is -0.266. The lowest BCUT2D eigenvalue weighted by Gasteiger charge is -2.09. The third-order valence-electron chi connectivity index (χ3n) is 3.68. The Balaban J connectivity index is 1.64. The molecule has 26 heavy (non-hydrogen) atoms. The SMILES string of the molecule is N#Cc1ccc(NC(=O)c2cncc(NCc3ccc(Cl)cc3)c2)cc1. The molecule has 0 fully saturated rings. The van der Waals surface area contributed by atoms with E-state index in [2.05, 4.69) is 15.6 Å². The highest BCUT2D eigenvalue weighted by atomic mass is 35.5. The van der Waals surface area contributed by atoms with Crippen molar-refractivity contribution >= 4 is 28.9 Å². The van der Waals surface area contributed by atoms with Crippen LogP contribution < -0.4 is 10.6 Å². The lowest BCUT2D eigenvalue weighted by Crippen LogP contribution is -2.12. The molecule has 1 aromatic heterocycles. The minimum absolute atomic E-state index is 0.266. The van der Waals surface area contributed by atoms with Crippen molar-refractivity contribution in [3.05, 3.63) is 88.7 Å². The number of carbonyl (C=O) groups excluding carboxylic acids is 1. The van der Waals surface area contributed by atoms with Crippen molar-refractivity contribution in [2.45, 2.75) is 6.54 Å². The number of halogens is 1. The van der Waals surface area contributed by atoms with Gasteiger partial charge in [-0.2, -0.15) is 5.26 Å². The Bertz CT molecular complexity index is 947. The molecule has 0 bridgehead atoms. The molecule has 0 atom stereocenters. The summed E-state index contributed by atoms with van der Waals surface area (Å²) in [6, 6.07) is 18.0. The van der Waals surface area contributed by atoms with Gasteiger partial charge < -0.3 is 10.6 Å². The van der Waals surface area contributed by atoms with E-state index in [1.54, 1.807) is 36.5 Å². The molecule has 6 heteroatoms. The van der Waals surface area contributed by atoms with Gasteiger partial charge in [0, 0.05) is 29.6 Å². The third kappa shape index (κ3) is 4.59. The number of rotatable bonds is 5. The summed E-state index contributed by atoms with van der Waals surface area (Å²) in [6.07, 6.45) is 3.17. The van der Waals surface area contributed by atoms with Gasteiger partial charge in [-0.25, -0.2) is 0 Å². The van der Waals surface area contributed by atoms with Crippen LogP contribution in [0, 0.1) is 11.3 Å². The van der Waals surface area contributed by atoms with Gasteiger partial charge in [0.15, 0.2) is 0 Å². The summed E-state index contributed by atoms with van der Waals surface area (Å²) in [5, 5.41) is 15.5. The normalized spacial score (nSPS) is 10.0. The molecule has 0 aliphatic carbocycles. The lowest BCUT2D eigenvalue weighted by atomic mass is 10.2. The van der Waals surface area contributed by atoms with Crippen molar-refractivity contribution in [1.82, 2.24) is 4.98 Å². The molecule has 0 aliphatic heterocycles. The van der Waals surface area contributed by atoms with Gasteiger partial charge in [0.1, 0.15) is 0 Å². The first-order valence-corrected chi connectivity index (χ1v) is 8.27. The van der Waals surface area contributed by atoms with Crippen LogP contribution in [0.2, 0.25) is 5.02 Å². The molecule has 2 N–H and O–H groups in total. The summed E-state index contributed by atoms with van der Waals surface area (Å²) in [4.78, 5) is 16.5. The van der Waals surface area contributed by atoms with Crippen molar-refractivity contribution in [3.63, 3.8) is 0 Å². The number of anilines is 2. The molecule has 3 rings (SSSR count). The number of nitrogens with one attached hydrogen (secondary N) is 2. The van der Waals surface area contributed by atoms with E-state index < -0.39 is 0 Å². The smallest absolute Gasteiger partial charge is 0.257 e. The maximum Gasteiger partial charge on any atom is 0.257 e. The van der Waals surface area contributed by atoms with E-state index in [1.165, 1.54) is 6.20 Å². The van der Waals surface area contributed by atoms with Crippen molar-refractivity contribution in [3.8, 4) is 6.07 Å². The van der Waals surface area contributed by atoms with E-state index in [4.69, 9.17) is 16.9 Å². The van der Waals surface area contributed by atoms with Crippen LogP contribution in [0.1, 0.15) is 21.5 Å². The Morgan fingerprint density at radius 1 is 1.04 bits per heavy atom. The fraction of sp³-hybridized carbons (Fsp3) is 0.0500. The predicted molar refractivity (Wildman–Crippen MR) is 102 cm³/mol. The van der Waals surface area contributed by atoms with E-state index in [0.29, 0.717) is 28.4 Å². The third-order valence-corrected chi connectivity index (χ3v) is 3.93. The number of nitrogens with zero attached hydrogens (tertiary/aromatic N) is 2. The molecule has 0 saturated carbocycles. The molecule has 2 aromatic carbocycles. The Morgan fingerprint density at radius 2 is 1.77 bits per heavy atom. The first kappa shape index (κ1) is 17.5. The van der Waals surface area contributed by atoms with Crippen molar-refractivity contribution < 1.29 is 4.79 Å². The summed E-state index contributed by atoms with van der Waals surface area (Å²) in [5.74, 6) is -0.266. The van der Waals surface area contributed by atoms with E-state index in [0.717, 1.165) is 11.3 Å². The topological polar surface area (TPSA) is 77.8 Å². The zero-order chi connectivity index (χ0) is 18.4. The first-order valence-electron chi connectivity index (χ1n) is 7.89. The first-order chi connectivity index (χ1) is 12.6. The predicted octanol–water partition coefficient (Wildman–Crippen LogP) is 4.47. The van der Waals surface area contributed by atoms with Crippen LogP contribution in [-0.2, 0) is 6.54 Å². The Labute approximate surface area is 156 Å². The Hall–Kier alpha value is -3.36. The molecule has 3 aromatic rings. The molecule has 0 aliphatic rings. The highest BCUT2D eigenvalue weighted by Crippen LogP contribution is 2.15. The van der Waals surface area contributed by atoms with Crippen LogP contribution in [0.15, 0.2) is 67.0 Å². The molecule has 0 unspecified atom stereocenters. The van der Waals surface area contributed by atoms with Crippen LogP contribution in [-0.4, -0.2) is 10.9 Å². The summed E-state index contributed by atoms with van der Waals surface area (Å²) in [6.45, 7) is 0.597. The van der Waals surface area contributed by atoms with E-state index in [-0.39, 0.29) is 5.91 Å². The Morgan fingerprint density at radius 3 is 2.46 bits per heavy atom. The number of aromatic nitrogens is 1. The maximum atomic E-state index is 12.4. The summed E-state index contributed by atoms with van der Waals surface area (Å²) in [7, 11) is 0. The average molecular weight is 363 g/mol. The van der Waals surface area contributed by atoms with Gasteiger partial charge in [-0.15, -0.1) is 0 Å². The zero-order valence-electron chi connectivity index (χ0n) is 13.7. The molecule has 128 valence electrons. The van der Waals surface area contributed by atoms with Gasteiger partial charge in [0.25, 0.3) is 5.91 Å². The average Bonchev–Trinajstić information content (AvgIpc) is 2.68. The molecule has 5 nitrogen and oxygen atoms in total. The molecular weight excluding hydrogens is 348 g/mol. The zero-order valence-corrected chi connectivity index (χ0v) is 14.5. The highest BCUT2D eigenvalue weighted by molar-refractivity contribution is 6.30. The van der Waals surface area contributed by atoms with Gasteiger partial charge in [0.05, 0.1) is 22.9 Å². The number of benzene rings is 2. The van der Waals surface area contributed by atoms with Crippen molar-refractivity contribution in [2.24, 2.45) is 0 Å². The minimum Gasteiger partial charge on any atom is -0.380 e. The number of hydrogen-bond donors (Lipinski definition) is 2. The van der Waals surface area contributed by atoms with Crippen LogP contribution in [0.4, 0.5) is 11.4 Å². The molecule has 0 radical (unpaired) electrons. The second-order valence-corrected chi connectivity index (χ2v) is 6.02. The summed E-state index contributed by atoms with van der Waals surface area (Å²) >= 11 is 5.88. The van der Waals surface area contributed by atoms with E-state index in [1.807, 2.05) is 30.3 Å². The van der Waals surface area contributed by atoms with Gasteiger partial charge in [-0.1, -0.05) is 23.7 Å². The molecule has 1 amide bonds. The van der Waals surface area contributed by atoms with Gasteiger partial charge in [0.2, 0.25) is 0 Å². The second kappa shape index (κ2) is 8.15. The number of nitriles is 1. The molecule has 1 heterocycles. The van der Waals surface area contributed by atoms with Crippen molar-refractivity contribution in [2.75, 3.05) is 10.6 Å². The maximum absolute atomic E-state index is 12.4. The van der Waals surface area contributed by atoms with E-state index in [9.17, 15) is 4.79 Å². The number of amides is 1. The fourth-order valence-electron chi connectivity index (χ4n) is 2.30. The highest BCUT2D eigenvalue weighted by Gasteiger charge is 2.08. The standard InChI is InChI=1S/C20H15ClN4O/c21-17-5-1-15(2-6-17)11-24-19-9-16(12-23-13-19)20(26)25-18-7-3-14(10-22)4-8-18/h1-9,12-13,24H,11H2,(H,25,26). The van der Waals surface area contributed by atoms with Gasteiger partial charge in [-0.05, 0) is 48.0 Å². The van der Waals surface area contributed by atoms with Crippen LogP contribution in [0.25, 0.3) is 0 Å². The number of carbonyl (C=O) groups is 1. The molecular formula is C20H15ClN4O. The number of hydrogen-bond acceptors (Lipinski definition) is 4. The van der Waals surface area contributed by atoms with Gasteiger partial charge >= 0.3 is 0 Å². The largest absolute Gasteiger partial charge is 0.380 e.